The molecule has 0 saturated carbocycles. The molecular weight excluding hydrogens is 548 g/mol. The van der Waals surface area contributed by atoms with Gasteiger partial charge in [0.15, 0.2) is 6.61 Å². The van der Waals surface area contributed by atoms with Gasteiger partial charge in [-0.05, 0) is 46.7 Å². The summed E-state index contributed by atoms with van der Waals surface area (Å²) in [6, 6.07) is 19.8. The molecule has 1 aliphatic heterocycles. The first kappa shape index (κ1) is 28.5. The molecule has 3 aromatic carbocycles. The number of nitrogens with zero attached hydrogens (tertiary/aromatic N) is 1. The van der Waals surface area contributed by atoms with Crippen LogP contribution in [0.2, 0.25) is 0 Å². The maximum Gasteiger partial charge on any atom is 0.329 e. The highest BCUT2D eigenvalue weighted by atomic mass is 16.5. The van der Waals surface area contributed by atoms with Crippen LogP contribution in [0.15, 0.2) is 66.7 Å². The Balaban J connectivity index is 1.25. The third-order valence-electron chi connectivity index (χ3n) is 8.79. The second kappa shape index (κ2) is 11.2. The summed E-state index contributed by atoms with van der Waals surface area (Å²) in [4.78, 5) is 55.9. The van der Waals surface area contributed by atoms with E-state index in [1.54, 1.807) is 18.2 Å². The van der Waals surface area contributed by atoms with Gasteiger partial charge < -0.3 is 19.5 Å². The molecule has 1 heterocycles. The summed E-state index contributed by atoms with van der Waals surface area (Å²) in [6.07, 6.45) is 0.219. The Bertz CT molecular complexity index is 1500. The summed E-state index contributed by atoms with van der Waals surface area (Å²) < 4.78 is 16.0. The number of amides is 3. The first-order valence-corrected chi connectivity index (χ1v) is 14.5. The van der Waals surface area contributed by atoms with E-state index in [1.165, 1.54) is 14.2 Å². The number of benzene rings is 3. The molecule has 9 nitrogen and oxygen atoms in total. The van der Waals surface area contributed by atoms with Gasteiger partial charge in [-0.3, -0.25) is 19.3 Å². The molecule has 43 heavy (non-hydrogen) atoms. The average molecular weight is 583 g/mol. The minimum atomic E-state index is -1.14. The van der Waals surface area contributed by atoms with Gasteiger partial charge in [-0.1, -0.05) is 62.4 Å². The quantitative estimate of drug-likeness (QED) is 0.292. The van der Waals surface area contributed by atoms with Gasteiger partial charge in [0.25, 0.3) is 5.91 Å². The number of hydrogen-bond donors (Lipinski definition) is 1. The van der Waals surface area contributed by atoms with Gasteiger partial charge in [-0.25, -0.2) is 4.79 Å². The van der Waals surface area contributed by atoms with E-state index in [-0.39, 0.29) is 36.0 Å². The first-order valence-electron chi connectivity index (χ1n) is 14.5. The largest absolute Gasteiger partial charge is 0.497 e. The van der Waals surface area contributed by atoms with E-state index in [1.807, 2.05) is 62.4 Å². The van der Waals surface area contributed by atoms with Crippen LogP contribution in [0, 0.1) is 17.8 Å². The third kappa shape index (κ3) is 4.73. The Morgan fingerprint density at radius 1 is 0.814 bits per heavy atom. The Hall–Kier alpha value is -4.66. The molecular formula is C34H34N2O7. The van der Waals surface area contributed by atoms with Crippen molar-refractivity contribution in [1.82, 2.24) is 4.90 Å². The van der Waals surface area contributed by atoms with E-state index >= 15 is 0 Å². The molecule has 3 amide bonds. The van der Waals surface area contributed by atoms with E-state index in [0.717, 1.165) is 27.2 Å². The van der Waals surface area contributed by atoms with Crippen LogP contribution in [0.1, 0.15) is 54.4 Å². The van der Waals surface area contributed by atoms with E-state index in [0.29, 0.717) is 17.2 Å². The van der Waals surface area contributed by atoms with Crippen molar-refractivity contribution in [3.63, 3.8) is 0 Å². The van der Waals surface area contributed by atoms with Crippen molar-refractivity contribution in [2.45, 2.75) is 38.1 Å². The molecule has 7 rings (SSSR count). The van der Waals surface area contributed by atoms with Crippen molar-refractivity contribution in [2.24, 2.45) is 17.8 Å². The first-order chi connectivity index (χ1) is 20.7. The lowest BCUT2D eigenvalue weighted by atomic mass is 9.55. The molecule has 0 radical (unpaired) electrons. The smallest absolute Gasteiger partial charge is 0.329 e. The number of imide groups is 1. The summed E-state index contributed by atoms with van der Waals surface area (Å²) in [5, 5.41) is 2.67. The minimum Gasteiger partial charge on any atom is -0.497 e. The third-order valence-corrected chi connectivity index (χ3v) is 8.79. The highest BCUT2D eigenvalue weighted by molar-refractivity contribution is 6.10. The summed E-state index contributed by atoms with van der Waals surface area (Å²) in [6.45, 7) is 3.23. The van der Waals surface area contributed by atoms with Gasteiger partial charge in [-0.15, -0.1) is 0 Å². The number of anilines is 1. The molecule has 3 atom stereocenters. The van der Waals surface area contributed by atoms with Gasteiger partial charge in [0.2, 0.25) is 11.8 Å². The average Bonchev–Trinajstić information content (AvgIpc) is 3.28. The zero-order valence-electron chi connectivity index (χ0n) is 24.5. The summed E-state index contributed by atoms with van der Waals surface area (Å²) >= 11 is 0. The van der Waals surface area contributed by atoms with Crippen LogP contribution in [0.25, 0.3) is 0 Å². The van der Waals surface area contributed by atoms with Gasteiger partial charge >= 0.3 is 5.97 Å². The minimum absolute atomic E-state index is 0.0261. The number of likely N-dealkylation sites (tertiary alicyclic amines) is 1. The molecule has 222 valence electrons. The van der Waals surface area contributed by atoms with Gasteiger partial charge in [0, 0.05) is 17.9 Å². The van der Waals surface area contributed by atoms with E-state index in [4.69, 9.17) is 14.2 Å². The Morgan fingerprint density at radius 2 is 1.35 bits per heavy atom. The van der Waals surface area contributed by atoms with Gasteiger partial charge in [0.05, 0.1) is 31.7 Å². The topological polar surface area (TPSA) is 111 Å². The molecule has 0 unspecified atom stereocenters. The van der Waals surface area contributed by atoms with Gasteiger partial charge in [-0.2, -0.15) is 0 Å². The fourth-order valence-corrected chi connectivity index (χ4v) is 7.09. The molecule has 4 aliphatic rings. The molecule has 9 heteroatoms. The maximum atomic E-state index is 14.2. The highest BCUT2D eigenvalue weighted by Crippen LogP contribution is 2.61. The molecule has 1 fully saturated rings. The monoisotopic (exact) mass is 582 g/mol. The molecule has 1 N–H and O–H groups in total. The Kier molecular flexibility index (Phi) is 7.42. The predicted octanol–water partition coefficient (Wildman–Crippen LogP) is 4.49. The number of rotatable bonds is 9. The summed E-state index contributed by atoms with van der Waals surface area (Å²) in [7, 11) is 2.98. The number of carbonyl (C=O) groups excluding carboxylic acids is 4. The molecule has 3 aromatic rings. The number of hydrogen-bond acceptors (Lipinski definition) is 7. The summed E-state index contributed by atoms with van der Waals surface area (Å²) in [5.74, 6) is -2.97. The lowest BCUT2D eigenvalue weighted by molar-refractivity contribution is -0.160. The van der Waals surface area contributed by atoms with E-state index < -0.39 is 36.4 Å². The molecule has 1 saturated heterocycles. The van der Waals surface area contributed by atoms with Crippen LogP contribution in [-0.4, -0.2) is 55.5 Å². The number of ether oxygens (including phenoxy) is 3. The molecule has 3 aliphatic carbocycles. The van der Waals surface area contributed by atoms with Crippen LogP contribution in [0.5, 0.6) is 11.5 Å². The number of carbonyl (C=O) groups is 4. The van der Waals surface area contributed by atoms with Crippen LogP contribution < -0.4 is 14.8 Å². The Labute approximate surface area is 250 Å². The zero-order chi connectivity index (χ0) is 30.4. The van der Waals surface area contributed by atoms with Crippen LogP contribution in [0.3, 0.4) is 0 Å². The number of nitrogens with one attached hydrogen (secondary N) is 1. The van der Waals surface area contributed by atoms with Crippen LogP contribution in [0.4, 0.5) is 5.69 Å². The fourth-order valence-electron chi connectivity index (χ4n) is 7.09. The zero-order valence-corrected chi connectivity index (χ0v) is 24.5. The van der Waals surface area contributed by atoms with Crippen molar-refractivity contribution in [1.29, 1.82) is 0 Å². The molecule has 0 aromatic heterocycles. The van der Waals surface area contributed by atoms with Crippen molar-refractivity contribution in [3.8, 4) is 11.5 Å². The van der Waals surface area contributed by atoms with Crippen LogP contribution in [-0.2, 0) is 23.9 Å². The SMILES string of the molecule is COc1ccc(OC)c(NC(=O)COC(=O)[C@@H](CC(C)C)N2C(=O)[C@@H]3C4c5ccccc5C(c5ccccc54)[C@@H]3C2=O)c1. The summed E-state index contributed by atoms with van der Waals surface area (Å²) in [5.41, 5.74) is 4.59. The van der Waals surface area contributed by atoms with Crippen molar-refractivity contribution >= 4 is 29.4 Å². The molecule has 0 spiro atoms. The second-order valence-corrected chi connectivity index (χ2v) is 11.7. The normalized spacial score (nSPS) is 22.0. The van der Waals surface area contributed by atoms with Gasteiger partial charge in [0.1, 0.15) is 17.5 Å². The standard InChI is InChI=1S/C34H34N2O7/c1-18(2)15-25(34(40)43-17-27(37)35-24-16-19(41-3)13-14-26(24)42-4)36-32(38)30-28-20-9-5-6-10-21(20)29(31(30)33(36)39)23-12-8-7-11-22(23)28/h5-14,16,18,25,28-31H,15,17H2,1-4H3,(H,35,37)/t25-,28?,29?,30-,31+/m1/s1. The Morgan fingerprint density at radius 3 is 1.81 bits per heavy atom. The van der Waals surface area contributed by atoms with E-state index in [2.05, 4.69) is 5.32 Å². The highest BCUT2D eigenvalue weighted by Gasteiger charge is 2.63. The lowest BCUT2D eigenvalue weighted by Gasteiger charge is -2.45. The van der Waals surface area contributed by atoms with E-state index in [9.17, 15) is 19.2 Å². The lowest BCUT2D eigenvalue weighted by Crippen LogP contribution is -2.47. The maximum absolute atomic E-state index is 14.2. The number of methoxy groups -OCH3 is 2. The van der Waals surface area contributed by atoms with Crippen molar-refractivity contribution in [2.75, 3.05) is 26.1 Å². The second-order valence-electron chi connectivity index (χ2n) is 11.7. The number of esters is 1. The van der Waals surface area contributed by atoms with Crippen molar-refractivity contribution in [3.05, 3.63) is 89.0 Å². The van der Waals surface area contributed by atoms with Crippen LogP contribution >= 0.6 is 0 Å². The fraction of sp³-hybridized carbons (Fsp3) is 0.353. The van der Waals surface area contributed by atoms with Crippen molar-refractivity contribution < 1.29 is 33.4 Å². The predicted molar refractivity (Wildman–Crippen MR) is 158 cm³/mol. The molecule has 2 bridgehead atoms.